The predicted octanol–water partition coefficient (Wildman–Crippen LogP) is 6.41. The van der Waals surface area contributed by atoms with E-state index in [0.717, 1.165) is 57.7 Å². The molecular formula is C49H51N15O4. The number of morpholine rings is 1. The van der Waals surface area contributed by atoms with Crippen LogP contribution >= 0.6 is 0 Å². The summed E-state index contributed by atoms with van der Waals surface area (Å²) < 4.78 is 7.39. The number of aromatic amines is 1. The van der Waals surface area contributed by atoms with Gasteiger partial charge in [-0.1, -0.05) is 12.1 Å². The van der Waals surface area contributed by atoms with Gasteiger partial charge in [-0.2, -0.15) is 10.2 Å². The van der Waals surface area contributed by atoms with Crippen LogP contribution in [-0.2, 0) is 24.5 Å². The SMILES string of the molecule is CN(C)Cc1cncc(NC(=O)c2nn(CN(C)Cc3cncc(NC(=O)c4n[nH]c5ccc(-c6cncc(NC(=O)N(C)C)c6)cc45)c3)c3ccc(-c4cncc(N5CCOCC5)c4)cc23)c1. The number of hydrogen-bond acceptors (Lipinski definition) is 13. The molecule has 0 atom stereocenters. The molecule has 4 N–H and O–H groups in total. The molecular weight excluding hydrogens is 863 g/mol. The van der Waals surface area contributed by atoms with Gasteiger partial charge in [-0.25, -0.2) is 9.48 Å². The third-order valence-corrected chi connectivity index (χ3v) is 11.3. The van der Waals surface area contributed by atoms with Gasteiger partial charge in [0.05, 0.1) is 78.5 Å². The molecule has 9 rings (SSSR count). The molecule has 0 unspecified atom stereocenters. The summed E-state index contributed by atoms with van der Waals surface area (Å²) in [6.07, 6.45) is 13.7. The van der Waals surface area contributed by atoms with Gasteiger partial charge in [-0.05, 0) is 91.9 Å². The Balaban J connectivity index is 0.934. The lowest BCUT2D eigenvalue weighted by Crippen LogP contribution is -2.36. The molecule has 6 aromatic heterocycles. The van der Waals surface area contributed by atoms with Crippen LogP contribution in [0.5, 0.6) is 0 Å². The number of nitrogens with zero attached hydrogens (tertiary/aromatic N) is 11. The molecule has 1 aliphatic heterocycles. The topological polar surface area (TPSA) is 208 Å². The number of rotatable bonds is 14. The summed E-state index contributed by atoms with van der Waals surface area (Å²) in [5.41, 5.74) is 9.73. The first-order valence-electron chi connectivity index (χ1n) is 22.0. The average molecular weight is 914 g/mol. The van der Waals surface area contributed by atoms with Gasteiger partial charge in [0.15, 0.2) is 11.4 Å². The molecule has 1 saturated heterocycles. The normalized spacial score (nSPS) is 12.8. The van der Waals surface area contributed by atoms with Crippen molar-refractivity contribution in [2.24, 2.45) is 0 Å². The minimum atomic E-state index is -0.414. The summed E-state index contributed by atoms with van der Waals surface area (Å²) in [4.78, 5) is 65.6. The zero-order valence-electron chi connectivity index (χ0n) is 38.4. The molecule has 1 aliphatic rings. The largest absolute Gasteiger partial charge is 0.378 e. The molecule has 68 heavy (non-hydrogen) atoms. The van der Waals surface area contributed by atoms with E-state index < -0.39 is 5.91 Å². The standard InChI is InChI=1S/C49H51N15O4/c1-60(2)28-31-14-37(24-50-20-31)55-48(66)46-42-19-34(36-17-40(27-53-23-36)63-10-12-68-13-11-63)7-9-44(42)64(59-46)30-62(5)29-32-15-38(25-51-21-32)54-47(65)45-41-18-33(6-8-43(41)57-58-45)35-16-39(26-52-22-35)56-49(67)61(3)4/h6-9,14-27H,10-13,28-30H2,1-5H3,(H,54,65)(H,55,66)(H,56,67)(H,57,58). The van der Waals surface area contributed by atoms with E-state index in [-0.39, 0.29) is 23.3 Å². The lowest BCUT2D eigenvalue weighted by Gasteiger charge is -2.28. The summed E-state index contributed by atoms with van der Waals surface area (Å²) in [5.74, 6) is -0.772. The van der Waals surface area contributed by atoms with E-state index in [1.807, 2.05) is 103 Å². The summed E-state index contributed by atoms with van der Waals surface area (Å²) in [5, 5.41) is 22.3. The van der Waals surface area contributed by atoms with Gasteiger partial charge in [0.2, 0.25) is 0 Å². The number of pyridine rings is 4. The molecule has 0 saturated carbocycles. The highest BCUT2D eigenvalue weighted by atomic mass is 16.5. The number of H-pyrrole nitrogens is 1. The summed E-state index contributed by atoms with van der Waals surface area (Å²) in [6.45, 7) is 4.35. The average Bonchev–Trinajstić information content (AvgIpc) is 3.93. The number of urea groups is 1. The zero-order valence-corrected chi connectivity index (χ0v) is 38.4. The van der Waals surface area contributed by atoms with E-state index >= 15 is 0 Å². The Morgan fingerprint density at radius 3 is 1.93 bits per heavy atom. The Labute approximate surface area is 392 Å². The molecule has 0 radical (unpaired) electrons. The number of aromatic nitrogens is 8. The van der Waals surface area contributed by atoms with Crippen LogP contribution in [0.1, 0.15) is 32.1 Å². The Hall–Kier alpha value is -8.13. The Kier molecular flexibility index (Phi) is 13.1. The molecule has 0 aliphatic carbocycles. The number of nitrogens with one attached hydrogen (secondary N) is 4. The summed E-state index contributed by atoms with van der Waals surface area (Å²) >= 11 is 0. The highest BCUT2D eigenvalue weighted by molar-refractivity contribution is 6.12. The van der Waals surface area contributed by atoms with Crippen molar-refractivity contribution in [1.82, 2.24) is 54.6 Å². The monoisotopic (exact) mass is 913 g/mol. The number of carbonyl (C=O) groups excluding carboxylic acids is 3. The third-order valence-electron chi connectivity index (χ3n) is 11.3. The number of anilines is 4. The molecule has 0 spiro atoms. The van der Waals surface area contributed by atoms with Crippen molar-refractivity contribution in [3.05, 3.63) is 133 Å². The number of carbonyl (C=O) groups is 3. The highest BCUT2D eigenvalue weighted by Crippen LogP contribution is 2.31. The van der Waals surface area contributed by atoms with Gasteiger partial charge >= 0.3 is 6.03 Å². The first-order chi connectivity index (χ1) is 32.9. The van der Waals surface area contributed by atoms with Crippen molar-refractivity contribution >= 4 is 62.4 Å². The van der Waals surface area contributed by atoms with Crippen LogP contribution in [0, 0.1) is 0 Å². The number of amides is 4. The first kappa shape index (κ1) is 45.0. The number of benzene rings is 2. The van der Waals surface area contributed by atoms with E-state index in [1.165, 1.54) is 4.90 Å². The molecule has 4 amide bonds. The van der Waals surface area contributed by atoms with Crippen LogP contribution < -0.4 is 20.9 Å². The van der Waals surface area contributed by atoms with Crippen molar-refractivity contribution in [2.75, 3.05) is 82.4 Å². The molecule has 19 heteroatoms. The maximum atomic E-state index is 14.2. The lowest BCUT2D eigenvalue weighted by molar-refractivity contribution is 0.101. The fourth-order valence-electron chi connectivity index (χ4n) is 8.10. The van der Waals surface area contributed by atoms with Crippen molar-refractivity contribution in [3.8, 4) is 22.3 Å². The third kappa shape index (κ3) is 10.3. The molecule has 1 fully saturated rings. The van der Waals surface area contributed by atoms with Gasteiger partial charge in [0, 0.05) is 87.0 Å². The van der Waals surface area contributed by atoms with Crippen LogP contribution in [0.25, 0.3) is 44.1 Å². The second-order valence-electron chi connectivity index (χ2n) is 17.2. The first-order valence-corrected chi connectivity index (χ1v) is 22.0. The smallest absolute Gasteiger partial charge is 0.321 e. The lowest BCUT2D eigenvalue weighted by atomic mass is 10.0. The molecule has 7 heterocycles. The van der Waals surface area contributed by atoms with Gasteiger partial charge in [-0.3, -0.25) is 39.5 Å². The molecule has 346 valence electrons. The quantitative estimate of drug-likeness (QED) is 0.0932. The second-order valence-corrected chi connectivity index (χ2v) is 17.2. The highest BCUT2D eigenvalue weighted by Gasteiger charge is 2.22. The van der Waals surface area contributed by atoms with Crippen LogP contribution in [0.2, 0.25) is 0 Å². The van der Waals surface area contributed by atoms with Crippen LogP contribution in [0.15, 0.2) is 110 Å². The van der Waals surface area contributed by atoms with Crippen molar-refractivity contribution in [2.45, 2.75) is 19.8 Å². The van der Waals surface area contributed by atoms with Crippen LogP contribution in [0.3, 0.4) is 0 Å². The van der Waals surface area contributed by atoms with Crippen molar-refractivity contribution in [3.63, 3.8) is 0 Å². The maximum Gasteiger partial charge on any atom is 0.321 e. The summed E-state index contributed by atoms with van der Waals surface area (Å²) in [7, 11) is 9.23. The van der Waals surface area contributed by atoms with Crippen molar-refractivity contribution in [1.29, 1.82) is 0 Å². The number of fused-ring (bicyclic) bond motifs is 2. The Morgan fingerprint density at radius 1 is 0.632 bits per heavy atom. The minimum absolute atomic E-state index is 0.210. The predicted molar refractivity (Wildman–Crippen MR) is 261 cm³/mol. The van der Waals surface area contributed by atoms with Gasteiger partial charge in [-0.15, -0.1) is 0 Å². The van der Waals surface area contributed by atoms with Crippen LogP contribution in [-0.4, -0.2) is 134 Å². The maximum absolute atomic E-state index is 14.2. The second kappa shape index (κ2) is 19.8. The number of ether oxygens (including phenoxy) is 1. The zero-order chi connectivity index (χ0) is 47.3. The van der Waals surface area contributed by atoms with E-state index in [9.17, 15) is 14.4 Å². The van der Waals surface area contributed by atoms with E-state index in [1.54, 1.807) is 51.3 Å². The summed E-state index contributed by atoms with van der Waals surface area (Å²) in [6, 6.07) is 19.1. The molecule has 0 bridgehead atoms. The minimum Gasteiger partial charge on any atom is -0.378 e. The van der Waals surface area contributed by atoms with E-state index in [0.29, 0.717) is 66.3 Å². The van der Waals surface area contributed by atoms with Gasteiger partial charge in [0.1, 0.15) is 0 Å². The Morgan fingerprint density at radius 2 is 1.24 bits per heavy atom. The van der Waals surface area contributed by atoms with Gasteiger partial charge < -0.3 is 35.4 Å². The van der Waals surface area contributed by atoms with Gasteiger partial charge in [0.25, 0.3) is 11.8 Å². The number of hydrogen-bond donors (Lipinski definition) is 4. The fourth-order valence-corrected chi connectivity index (χ4v) is 8.10. The van der Waals surface area contributed by atoms with Crippen molar-refractivity contribution < 1.29 is 19.1 Å². The van der Waals surface area contributed by atoms with Crippen LogP contribution in [0.4, 0.5) is 27.5 Å². The molecule has 2 aromatic carbocycles. The van der Waals surface area contributed by atoms with E-state index in [4.69, 9.17) is 9.84 Å². The molecule has 19 nitrogen and oxygen atoms in total. The molecule has 8 aromatic rings. The fraction of sp³-hybridized carbons (Fsp3) is 0.245. The Bertz CT molecular complexity index is 3140. The van der Waals surface area contributed by atoms with E-state index in [2.05, 4.69) is 57.0 Å².